The van der Waals surface area contributed by atoms with Gasteiger partial charge < -0.3 is 5.32 Å². The molecule has 0 aliphatic rings. The predicted molar refractivity (Wildman–Crippen MR) is 67.9 cm³/mol. The molecule has 0 aromatic carbocycles. The van der Waals surface area contributed by atoms with Crippen molar-refractivity contribution in [1.29, 1.82) is 0 Å². The Morgan fingerprint density at radius 1 is 1.35 bits per heavy atom. The first kappa shape index (κ1) is 11.7. The second-order valence-electron chi connectivity index (χ2n) is 4.16. The monoisotopic (exact) mass is 233 g/mol. The Balaban J connectivity index is 2.12. The molecule has 0 aliphatic carbocycles. The van der Waals surface area contributed by atoms with Gasteiger partial charge in [-0.3, -0.25) is 9.36 Å². The zero-order chi connectivity index (χ0) is 12.4. The first-order valence-corrected chi connectivity index (χ1v) is 5.88. The van der Waals surface area contributed by atoms with E-state index in [-0.39, 0.29) is 0 Å². The molecule has 17 heavy (non-hydrogen) atoms. The maximum Gasteiger partial charge on any atom is 0.0827 e. The van der Waals surface area contributed by atoms with E-state index in [1.807, 2.05) is 35.6 Å². The highest BCUT2D eigenvalue weighted by Crippen LogP contribution is 2.19. The first-order chi connectivity index (χ1) is 8.13. The van der Waals surface area contributed by atoms with Crippen molar-refractivity contribution in [2.45, 2.75) is 33.9 Å². The molecule has 0 amide bonds. The van der Waals surface area contributed by atoms with Crippen molar-refractivity contribution in [3.8, 4) is 0 Å². The summed E-state index contributed by atoms with van der Waals surface area (Å²) in [7, 11) is 1.96. The summed E-state index contributed by atoms with van der Waals surface area (Å²) in [5.74, 6) is 0. The molecule has 92 valence electrons. The van der Waals surface area contributed by atoms with Gasteiger partial charge in [0.25, 0.3) is 0 Å². The summed E-state index contributed by atoms with van der Waals surface area (Å²) in [6.45, 7) is 7.86. The molecule has 0 spiro atoms. The summed E-state index contributed by atoms with van der Waals surface area (Å²) in [6, 6.07) is 2.04. The van der Waals surface area contributed by atoms with E-state index in [1.54, 1.807) is 0 Å². The molecule has 0 saturated carbocycles. The summed E-state index contributed by atoms with van der Waals surface area (Å²) in [6.07, 6.45) is 1.84. The lowest BCUT2D eigenvalue weighted by Crippen LogP contribution is -2.08. The fraction of sp³-hybridized carbons (Fsp3) is 0.500. The van der Waals surface area contributed by atoms with Crippen LogP contribution in [0.15, 0.2) is 12.3 Å². The molecule has 0 saturated heterocycles. The number of aromatic nitrogens is 4. The molecule has 0 aliphatic heterocycles. The number of nitrogens with one attached hydrogen (secondary N) is 1. The fourth-order valence-electron chi connectivity index (χ4n) is 2.00. The van der Waals surface area contributed by atoms with Crippen molar-refractivity contribution < 1.29 is 0 Å². The minimum atomic E-state index is 0.779. The van der Waals surface area contributed by atoms with Gasteiger partial charge in [0.2, 0.25) is 0 Å². The molecule has 0 unspecified atom stereocenters. The van der Waals surface area contributed by atoms with Crippen molar-refractivity contribution >= 4 is 5.69 Å². The van der Waals surface area contributed by atoms with Crippen LogP contribution < -0.4 is 5.32 Å². The molecule has 0 fully saturated rings. The minimum absolute atomic E-state index is 0.779. The van der Waals surface area contributed by atoms with Crippen LogP contribution in [0.2, 0.25) is 0 Å². The molecule has 5 nitrogen and oxygen atoms in total. The van der Waals surface area contributed by atoms with Gasteiger partial charge in [-0.25, -0.2) is 0 Å². The lowest BCUT2D eigenvalue weighted by Gasteiger charge is -2.08. The van der Waals surface area contributed by atoms with Crippen LogP contribution in [0.3, 0.4) is 0 Å². The van der Waals surface area contributed by atoms with Gasteiger partial charge in [0.05, 0.1) is 29.3 Å². The standard InChI is InChI=1S/C12H19N5/c1-5-17-11(6-7-14-17)8-13-12-9(2)15-16(4)10(12)3/h6-7,13H,5,8H2,1-4H3. The van der Waals surface area contributed by atoms with Crippen LogP contribution in [0.25, 0.3) is 0 Å². The maximum atomic E-state index is 4.38. The highest BCUT2D eigenvalue weighted by Gasteiger charge is 2.09. The number of rotatable bonds is 4. The third-order valence-corrected chi connectivity index (χ3v) is 3.06. The summed E-state index contributed by atoms with van der Waals surface area (Å²) in [5, 5.41) is 12.1. The number of anilines is 1. The van der Waals surface area contributed by atoms with Crippen LogP contribution in [0, 0.1) is 13.8 Å². The maximum absolute atomic E-state index is 4.38. The molecule has 2 aromatic heterocycles. The van der Waals surface area contributed by atoms with Gasteiger partial charge in [0, 0.05) is 19.8 Å². The van der Waals surface area contributed by atoms with Crippen molar-refractivity contribution in [1.82, 2.24) is 19.6 Å². The zero-order valence-electron chi connectivity index (χ0n) is 10.9. The van der Waals surface area contributed by atoms with Crippen LogP contribution in [-0.2, 0) is 20.1 Å². The largest absolute Gasteiger partial charge is 0.376 e. The Labute approximate surface area is 101 Å². The highest BCUT2D eigenvalue weighted by atomic mass is 15.3. The SMILES string of the molecule is CCn1nccc1CNc1c(C)nn(C)c1C. The smallest absolute Gasteiger partial charge is 0.0827 e. The van der Waals surface area contributed by atoms with Gasteiger partial charge in [-0.1, -0.05) is 0 Å². The lowest BCUT2D eigenvalue weighted by molar-refractivity contribution is 0.627. The number of hydrogen-bond acceptors (Lipinski definition) is 3. The van der Waals surface area contributed by atoms with Gasteiger partial charge in [-0.05, 0) is 26.8 Å². The summed E-state index contributed by atoms with van der Waals surface area (Å²) in [5.41, 5.74) is 4.50. The minimum Gasteiger partial charge on any atom is -0.376 e. The second kappa shape index (κ2) is 4.61. The molecule has 2 aromatic rings. The molecule has 0 radical (unpaired) electrons. The van der Waals surface area contributed by atoms with Crippen molar-refractivity contribution in [2.75, 3.05) is 5.32 Å². The van der Waals surface area contributed by atoms with E-state index in [1.165, 1.54) is 5.69 Å². The molecule has 5 heteroatoms. The zero-order valence-corrected chi connectivity index (χ0v) is 10.9. The van der Waals surface area contributed by atoms with E-state index in [4.69, 9.17) is 0 Å². The van der Waals surface area contributed by atoms with E-state index < -0.39 is 0 Å². The highest BCUT2D eigenvalue weighted by molar-refractivity contribution is 5.52. The van der Waals surface area contributed by atoms with E-state index in [9.17, 15) is 0 Å². The first-order valence-electron chi connectivity index (χ1n) is 5.88. The van der Waals surface area contributed by atoms with E-state index in [0.29, 0.717) is 0 Å². The Bertz CT molecular complexity index is 509. The summed E-state index contributed by atoms with van der Waals surface area (Å²) >= 11 is 0. The quantitative estimate of drug-likeness (QED) is 0.877. The van der Waals surface area contributed by atoms with Crippen molar-refractivity contribution in [3.05, 3.63) is 29.3 Å². The molecular formula is C12H19N5. The molecule has 2 heterocycles. The van der Waals surface area contributed by atoms with Crippen LogP contribution in [0.5, 0.6) is 0 Å². The third-order valence-electron chi connectivity index (χ3n) is 3.06. The van der Waals surface area contributed by atoms with E-state index in [0.717, 1.165) is 30.2 Å². The number of nitrogens with zero attached hydrogens (tertiary/aromatic N) is 4. The van der Waals surface area contributed by atoms with Crippen molar-refractivity contribution in [2.24, 2.45) is 7.05 Å². The Hall–Kier alpha value is -1.78. The van der Waals surface area contributed by atoms with Crippen LogP contribution in [0.1, 0.15) is 24.0 Å². The van der Waals surface area contributed by atoms with Crippen LogP contribution >= 0.6 is 0 Å². The van der Waals surface area contributed by atoms with Gasteiger partial charge in [-0.15, -0.1) is 0 Å². The molecular weight excluding hydrogens is 214 g/mol. The van der Waals surface area contributed by atoms with Crippen LogP contribution in [0.4, 0.5) is 5.69 Å². The fourth-order valence-corrected chi connectivity index (χ4v) is 2.00. The molecule has 1 N–H and O–H groups in total. The molecule has 0 bridgehead atoms. The predicted octanol–water partition coefficient (Wildman–Crippen LogP) is 1.87. The Morgan fingerprint density at radius 2 is 2.12 bits per heavy atom. The average molecular weight is 233 g/mol. The summed E-state index contributed by atoms with van der Waals surface area (Å²) in [4.78, 5) is 0. The third kappa shape index (κ3) is 2.18. The average Bonchev–Trinajstić information content (AvgIpc) is 2.84. The Kier molecular flexibility index (Phi) is 3.17. The van der Waals surface area contributed by atoms with E-state index in [2.05, 4.69) is 29.4 Å². The lowest BCUT2D eigenvalue weighted by atomic mass is 10.3. The number of aryl methyl sites for hydroxylation is 3. The molecule has 0 atom stereocenters. The second-order valence-corrected chi connectivity index (χ2v) is 4.16. The summed E-state index contributed by atoms with van der Waals surface area (Å²) < 4.78 is 3.89. The topological polar surface area (TPSA) is 47.7 Å². The van der Waals surface area contributed by atoms with Gasteiger partial charge in [-0.2, -0.15) is 10.2 Å². The van der Waals surface area contributed by atoms with Gasteiger partial charge in [0.1, 0.15) is 0 Å². The Morgan fingerprint density at radius 3 is 2.71 bits per heavy atom. The van der Waals surface area contributed by atoms with Gasteiger partial charge in [0.15, 0.2) is 0 Å². The van der Waals surface area contributed by atoms with E-state index >= 15 is 0 Å². The van der Waals surface area contributed by atoms with Crippen LogP contribution in [-0.4, -0.2) is 19.6 Å². The molecule has 2 rings (SSSR count). The van der Waals surface area contributed by atoms with Gasteiger partial charge >= 0.3 is 0 Å². The number of hydrogen-bond donors (Lipinski definition) is 1. The normalized spacial score (nSPS) is 10.8. The van der Waals surface area contributed by atoms with Crippen molar-refractivity contribution in [3.63, 3.8) is 0 Å².